The van der Waals surface area contributed by atoms with E-state index in [2.05, 4.69) is 26.0 Å². The maximum absolute atomic E-state index is 13.0. The summed E-state index contributed by atoms with van der Waals surface area (Å²) in [6.45, 7) is 4.16. The molecule has 3 aliphatic rings. The van der Waals surface area contributed by atoms with E-state index in [0.29, 0.717) is 0 Å². The van der Waals surface area contributed by atoms with Crippen LogP contribution in [0.1, 0.15) is 31.4 Å². The minimum absolute atomic E-state index is 0.0300. The molecule has 4 rings (SSSR count). The molecule has 3 heteroatoms. The van der Waals surface area contributed by atoms with Gasteiger partial charge in [0.25, 0.3) is 0 Å². The quantitative estimate of drug-likeness (QED) is 0.634. The van der Waals surface area contributed by atoms with Crippen LogP contribution in [0.5, 0.6) is 0 Å². The number of imide groups is 1. The molecular weight excluding hydrogens is 274 g/mol. The molecule has 0 radical (unpaired) electrons. The minimum Gasteiger partial charge on any atom is -0.274 e. The van der Waals surface area contributed by atoms with Crippen LogP contribution >= 0.6 is 0 Å². The van der Waals surface area contributed by atoms with Crippen LogP contribution in [0.3, 0.4) is 0 Å². The molecule has 0 spiro atoms. The summed E-state index contributed by atoms with van der Waals surface area (Å²) in [5.41, 5.74) is 3.07. The number of hydrogen-bond acceptors (Lipinski definition) is 2. The number of aryl methyl sites for hydroxylation is 2. The third kappa shape index (κ3) is 1.62. The van der Waals surface area contributed by atoms with Crippen LogP contribution in [-0.4, -0.2) is 11.8 Å². The zero-order chi connectivity index (χ0) is 15.4. The molecule has 0 aromatic heterocycles. The number of amides is 2. The third-order valence-corrected chi connectivity index (χ3v) is 5.66. The fourth-order valence-corrected chi connectivity index (χ4v) is 4.63. The summed E-state index contributed by atoms with van der Waals surface area (Å²) in [5.74, 6) is 0.379. The highest BCUT2D eigenvalue weighted by molar-refractivity contribution is 6.23. The standard InChI is InChI=1S/C19H21NO2/c1-3-11-6-5-7-12(4-2)17(11)20-18(21)15-13-8-9-14(10-13)16(15)19(20)22/h5-9,13-16H,3-4,10H2,1-2H3/t13-,14+,15+,16-. The molecule has 0 N–H and O–H groups in total. The van der Waals surface area contributed by atoms with Gasteiger partial charge in [-0.3, -0.25) is 9.59 Å². The highest BCUT2D eigenvalue weighted by Crippen LogP contribution is 2.53. The highest BCUT2D eigenvalue weighted by atomic mass is 16.2. The van der Waals surface area contributed by atoms with E-state index in [0.717, 1.165) is 36.1 Å². The summed E-state index contributed by atoms with van der Waals surface area (Å²) in [5, 5.41) is 0. The minimum atomic E-state index is -0.114. The summed E-state index contributed by atoms with van der Waals surface area (Å²) in [6.07, 6.45) is 6.94. The summed E-state index contributed by atoms with van der Waals surface area (Å²) in [7, 11) is 0. The zero-order valence-electron chi connectivity index (χ0n) is 13.1. The molecule has 0 unspecified atom stereocenters. The van der Waals surface area contributed by atoms with Gasteiger partial charge in [0, 0.05) is 0 Å². The lowest BCUT2D eigenvalue weighted by molar-refractivity contribution is -0.123. The normalized spacial score (nSPS) is 32.2. The Bertz CT molecular complexity index is 638. The molecule has 1 heterocycles. The molecule has 1 aliphatic heterocycles. The lowest BCUT2D eigenvalue weighted by atomic mass is 9.85. The van der Waals surface area contributed by atoms with Crippen LogP contribution in [0, 0.1) is 23.7 Å². The fraction of sp³-hybridized carbons (Fsp3) is 0.474. The molecule has 1 saturated heterocycles. The summed E-state index contributed by atoms with van der Waals surface area (Å²) >= 11 is 0. The maximum Gasteiger partial charge on any atom is 0.238 e. The van der Waals surface area contributed by atoms with Gasteiger partial charge in [-0.15, -0.1) is 0 Å². The fourth-order valence-electron chi connectivity index (χ4n) is 4.63. The van der Waals surface area contributed by atoms with Crippen LogP contribution in [0.4, 0.5) is 5.69 Å². The molecule has 22 heavy (non-hydrogen) atoms. The Morgan fingerprint density at radius 1 is 0.955 bits per heavy atom. The van der Waals surface area contributed by atoms with Gasteiger partial charge in [0.15, 0.2) is 0 Å². The lowest BCUT2D eigenvalue weighted by Gasteiger charge is -2.23. The molecule has 1 aromatic carbocycles. The van der Waals surface area contributed by atoms with Crippen molar-refractivity contribution in [3.05, 3.63) is 41.5 Å². The average molecular weight is 295 g/mol. The molecule has 1 aromatic rings. The van der Waals surface area contributed by atoms with Gasteiger partial charge in [-0.05, 0) is 42.2 Å². The Kier molecular flexibility index (Phi) is 3.00. The predicted molar refractivity (Wildman–Crippen MR) is 85.4 cm³/mol. The van der Waals surface area contributed by atoms with E-state index in [-0.39, 0.29) is 35.5 Å². The van der Waals surface area contributed by atoms with Crippen LogP contribution in [0.25, 0.3) is 0 Å². The molecule has 2 bridgehead atoms. The van der Waals surface area contributed by atoms with Crippen molar-refractivity contribution in [2.24, 2.45) is 23.7 Å². The van der Waals surface area contributed by atoms with Gasteiger partial charge in [-0.25, -0.2) is 4.90 Å². The van der Waals surface area contributed by atoms with Gasteiger partial charge < -0.3 is 0 Å². The monoisotopic (exact) mass is 295 g/mol. The SMILES string of the molecule is CCc1cccc(CC)c1N1C(=O)[C@@H]2[C@H](C1=O)[C@H]1C=C[C@@H]2C1. The number of fused-ring (bicyclic) bond motifs is 5. The van der Waals surface area contributed by atoms with Crippen molar-refractivity contribution < 1.29 is 9.59 Å². The van der Waals surface area contributed by atoms with Crippen LogP contribution in [0.15, 0.2) is 30.4 Å². The molecule has 114 valence electrons. The van der Waals surface area contributed by atoms with E-state index in [1.807, 2.05) is 18.2 Å². The molecule has 1 saturated carbocycles. The number of nitrogens with zero attached hydrogens (tertiary/aromatic N) is 1. The van der Waals surface area contributed by atoms with Crippen LogP contribution < -0.4 is 4.90 Å². The summed E-state index contributed by atoms with van der Waals surface area (Å²) in [4.78, 5) is 27.5. The Labute approximate surface area is 131 Å². The molecular formula is C19H21NO2. The number of allylic oxidation sites excluding steroid dienone is 2. The number of hydrogen-bond donors (Lipinski definition) is 0. The van der Waals surface area contributed by atoms with Crippen molar-refractivity contribution >= 4 is 17.5 Å². The second-order valence-electron chi connectivity index (χ2n) is 6.64. The average Bonchev–Trinajstić information content (AvgIpc) is 3.21. The summed E-state index contributed by atoms with van der Waals surface area (Å²) in [6, 6.07) is 6.10. The summed E-state index contributed by atoms with van der Waals surface area (Å²) < 4.78 is 0. The topological polar surface area (TPSA) is 37.4 Å². The van der Waals surface area contributed by atoms with E-state index in [9.17, 15) is 9.59 Å². The smallest absolute Gasteiger partial charge is 0.238 e. The largest absolute Gasteiger partial charge is 0.274 e. The van der Waals surface area contributed by atoms with Crippen LogP contribution in [-0.2, 0) is 22.4 Å². The number of carbonyl (C=O) groups is 2. The van der Waals surface area contributed by atoms with Crippen molar-refractivity contribution in [1.29, 1.82) is 0 Å². The number of para-hydroxylation sites is 1. The van der Waals surface area contributed by atoms with Crippen molar-refractivity contribution in [3.63, 3.8) is 0 Å². The Hall–Kier alpha value is -1.90. The Morgan fingerprint density at radius 2 is 1.45 bits per heavy atom. The first-order chi connectivity index (χ1) is 10.7. The van der Waals surface area contributed by atoms with Crippen LogP contribution in [0.2, 0.25) is 0 Å². The van der Waals surface area contributed by atoms with Gasteiger partial charge in [0.1, 0.15) is 0 Å². The first-order valence-electron chi connectivity index (χ1n) is 8.34. The van der Waals surface area contributed by atoms with E-state index in [1.165, 1.54) is 4.90 Å². The molecule has 2 fully saturated rings. The lowest BCUT2D eigenvalue weighted by Crippen LogP contribution is -2.34. The number of benzene rings is 1. The second kappa shape index (κ2) is 4.80. The van der Waals surface area contributed by atoms with Gasteiger partial charge in [-0.2, -0.15) is 0 Å². The van der Waals surface area contributed by atoms with E-state index in [1.54, 1.807) is 0 Å². The third-order valence-electron chi connectivity index (χ3n) is 5.66. The van der Waals surface area contributed by atoms with Gasteiger partial charge in [-0.1, -0.05) is 44.2 Å². The zero-order valence-corrected chi connectivity index (χ0v) is 13.1. The highest BCUT2D eigenvalue weighted by Gasteiger charge is 2.59. The molecule has 4 atom stereocenters. The van der Waals surface area contributed by atoms with E-state index >= 15 is 0 Å². The van der Waals surface area contributed by atoms with E-state index < -0.39 is 0 Å². The Balaban J connectivity index is 1.82. The predicted octanol–water partition coefficient (Wildman–Crippen LogP) is 3.12. The van der Waals surface area contributed by atoms with Crippen molar-refractivity contribution in [2.75, 3.05) is 4.90 Å². The van der Waals surface area contributed by atoms with Crippen molar-refractivity contribution in [1.82, 2.24) is 0 Å². The Morgan fingerprint density at radius 3 is 1.91 bits per heavy atom. The van der Waals surface area contributed by atoms with Gasteiger partial charge in [0.2, 0.25) is 11.8 Å². The van der Waals surface area contributed by atoms with E-state index in [4.69, 9.17) is 0 Å². The number of rotatable bonds is 3. The van der Waals surface area contributed by atoms with Crippen molar-refractivity contribution in [2.45, 2.75) is 33.1 Å². The molecule has 2 aliphatic carbocycles. The second-order valence-corrected chi connectivity index (χ2v) is 6.64. The first-order valence-corrected chi connectivity index (χ1v) is 8.34. The van der Waals surface area contributed by atoms with Gasteiger partial charge >= 0.3 is 0 Å². The number of carbonyl (C=O) groups excluding carboxylic acids is 2. The molecule has 3 nitrogen and oxygen atoms in total. The maximum atomic E-state index is 13.0. The van der Waals surface area contributed by atoms with Gasteiger partial charge in [0.05, 0.1) is 17.5 Å². The molecule has 2 amide bonds. The first kappa shape index (κ1) is 13.7. The number of anilines is 1. The van der Waals surface area contributed by atoms with Crippen molar-refractivity contribution in [3.8, 4) is 0 Å².